The lowest BCUT2D eigenvalue weighted by atomic mass is 10.0. The number of aromatic nitrogens is 1. The van der Waals surface area contributed by atoms with Gasteiger partial charge in [0.2, 0.25) is 0 Å². The Bertz CT molecular complexity index is 896. The van der Waals surface area contributed by atoms with Gasteiger partial charge in [0, 0.05) is 34.3 Å². The van der Waals surface area contributed by atoms with E-state index in [9.17, 15) is 10.1 Å². The average molecular weight is 308 g/mol. The highest BCUT2D eigenvalue weighted by molar-refractivity contribution is 5.99. The zero-order valence-corrected chi connectivity index (χ0v) is 12.7. The van der Waals surface area contributed by atoms with Crippen LogP contribution in [0.2, 0.25) is 0 Å². The number of nitrogens with zero attached hydrogens (tertiary/aromatic N) is 2. The van der Waals surface area contributed by atoms with E-state index in [0.717, 1.165) is 40.9 Å². The van der Waals surface area contributed by atoms with E-state index < -0.39 is 0 Å². The van der Waals surface area contributed by atoms with Crippen LogP contribution in [-0.4, -0.2) is 22.2 Å². The standard InChI is InChI=1S/C18H16N2O3/c1-12-18(13-5-3-2-4-6-13)16-9-14(20(21)22)7-8-17(16)19(12)10-15-11-23-15/h2-9,15H,10-11H2,1H3. The molecule has 0 N–H and O–H groups in total. The van der Waals surface area contributed by atoms with Crippen LogP contribution in [0.3, 0.4) is 0 Å². The van der Waals surface area contributed by atoms with Crippen molar-refractivity contribution in [1.82, 2.24) is 4.57 Å². The van der Waals surface area contributed by atoms with E-state index in [1.807, 2.05) is 36.4 Å². The molecule has 1 aliphatic heterocycles. The Morgan fingerprint density at radius 1 is 1.26 bits per heavy atom. The molecule has 0 bridgehead atoms. The topological polar surface area (TPSA) is 60.6 Å². The van der Waals surface area contributed by atoms with Crippen molar-refractivity contribution in [1.29, 1.82) is 0 Å². The van der Waals surface area contributed by atoms with E-state index in [0.29, 0.717) is 0 Å². The van der Waals surface area contributed by atoms with Gasteiger partial charge in [0.15, 0.2) is 0 Å². The first-order chi connectivity index (χ1) is 11.1. The van der Waals surface area contributed by atoms with Crippen molar-refractivity contribution < 1.29 is 9.66 Å². The summed E-state index contributed by atoms with van der Waals surface area (Å²) in [6, 6.07) is 15.1. The summed E-state index contributed by atoms with van der Waals surface area (Å²) in [4.78, 5) is 10.8. The first-order valence-corrected chi connectivity index (χ1v) is 7.59. The molecule has 0 radical (unpaired) electrons. The van der Waals surface area contributed by atoms with Crippen LogP contribution in [0, 0.1) is 17.0 Å². The van der Waals surface area contributed by atoms with Gasteiger partial charge < -0.3 is 9.30 Å². The normalized spacial score (nSPS) is 16.7. The maximum absolute atomic E-state index is 11.2. The van der Waals surface area contributed by atoms with Crippen LogP contribution < -0.4 is 0 Å². The quantitative estimate of drug-likeness (QED) is 0.417. The molecule has 1 atom stereocenters. The number of fused-ring (bicyclic) bond motifs is 1. The van der Waals surface area contributed by atoms with Crippen molar-refractivity contribution in [2.45, 2.75) is 19.6 Å². The Balaban J connectivity index is 1.99. The SMILES string of the molecule is Cc1c(-c2ccccc2)c2cc([N+](=O)[O-])ccc2n1CC1CO1. The smallest absolute Gasteiger partial charge is 0.270 e. The summed E-state index contributed by atoms with van der Waals surface area (Å²) in [5.74, 6) is 0. The van der Waals surface area contributed by atoms with Gasteiger partial charge in [-0.2, -0.15) is 0 Å². The maximum atomic E-state index is 11.2. The van der Waals surface area contributed by atoms with Crippen molar-refractivity contribution in [3.8, 4) is 11.1 Å². The second kappa shape index (κ2) is 5.21. The maximum Gasteiger partial charge on any atom is 0.270 e. The molecule has 0 spiro atoms. The number of hydrogen-bond acceptors (Lipinski definition) is 3. The monoisotopic (exact) mass is 308 g/mol. The molecular formula is C18H16N2O3. The highest BCUT2D eigenvalue weighted by Gasteiger charge is 2.26. The molecular weight excluding hydrogens is 292 g/mol. The van der Waals surface area contributed by atoms with Gasteiger partial charge in [0.1, 0.15) is 0 Å². The number of benzene rings is 2. The molecule has 0 aliphatic carbocycles. The predicted octanol–water partition coefficient (Wildman–Crippen LogP) is 3.92. The Kier molecular flexibility index (Phi) is 3.16. The van der Waals surface area contributed by atoms with Gasteiger partial charge >= 0.3 is 0 Å². The first-order valence-electron chi connectivity index (χ1n) is 7.59. The molecule has 23 heavy (non-hydrogen) atoms. The molecule has 3 aromatic rings. The summed E-state index contributed by atoms with van der Waals surface area (Å²) in [6.45, 7) is 3.64. The summed E-state index contributed by atoms with van der Waals surface area (Å²) in [6.07, 6.45) is 0.253. The van der Waals surface area contributed by atoms with Crippen LogP contribution in [0.25, 0.3) is 22.0 Å². The van der Waals surface area contributed by atoms with E-state index in [1.54, 1.807) is 12.1 Å². The highest BCUT2D eigenvalue weighted by Crippen LogP contribution is 2.37. The molecule has 1 aliphatic rings. The van der Waals surface area contributed by atoms with E-state index in [1.165, 1.54) is 0 Å². The van der Waals surface area contributed by atoms with Gasteiger partial charge in [0.05, 0.1) is 24.2 Å². The Hall–Kier alpha value is -2.66. The van der Waals surface area contributed by atoms with Gasteiger partial charge in [-0.05, 0) is 18.6 Å². The highest BCUT2D eigenvalue weighted by atomic mass is 16.6. The third-order valence-corrected chi connectivity index (χ3v) is 4.37. The lowest BCUT2D eigenvalue weighted by Crippen LogP contribution is -2.05. The lowest BCUT2D eigenvalue weighted by molar-refractivity contribution is -0.384. The lowest BCUT2D eigenvalue weighted by Gasteiger charge is -2.06. The third-order valence-electron chi connectivity index (χ3n) is 4.37. The fourth-order valence-electron chi connectivity index (χ4n) is 3.17. The fraction of sp³-hybridized carbons (Fsp3) is 0.222. The molecule has 1 unspecified atom stereocenters. The van der Waals surface area contributed by atoms with Crippen LogP contribution in [0.4, 0.5) is 5.69 Å². The van der Waals surface area contributed by atoms with Crippen LogP contribution in [0.15, 0.2) is 48.5 Å². The molecule has 0 amide bonds. The Morgan fingerprint density at radius 3 is 2.65 bits per heavy atom. The number of nitro benzene ring substituents is 1. The van der Waals surface area contributed by atoms with E-state index in [4.69, 9.17) is 4.74 Å². The molecule has 2 heterocycles. The minimum Gasteiger partial charge on any atom is -0.371 e. The van der Waals surface area contributed by atoms with Crippen LogP contribution >= 0.6 is 0 Å². The van der Waals surface area contributed by atoms with Crippen LogP contribution in [0.5, 0.6) is 0 Å². The molecule has 4 rings (SSSR count). The van der Waals surface area contributed by atoms with Gasteiger partial charge in [-0.3, -0.25) is 10.1 Å². The molecule has 1 aromatic heterocycles. The van der Waals surface area contributed by atoms with Crippen molar-refractivity contribution in [3.05, 3.63) is 64.3 Å². The third kappa shape index (κ3) is 2.39. The summed E-state index contributed by atoms with van der Waals surface area (Å²) in [5, 5.41) is 12.1. The number of non-ortho nitro benzene ring substituents is 1. The van der Waals surface area contributed by atoms with Gasteiger partial charge in [-0.25, -0.2) is 0 Å². The average Bonchev–Trinajstić information content (AvgIpc) is 3.33. The first kappa shape index (κ1) is 14.0. The number of ether oxygens (including phenoxy) is 1. The van der Waals surface area contributed by atoms with E-state index in [2.05, 4.69) is 11.5 Å². The van der Waals surface area contributed by atoms with Crippen molar-refractivity contribution in [3.63, 3.8) is 0 Å². The summed E-state index contributed by atoms with van der Waals surface area (Å²) >= 11 is 0. The minimum absolute atomic E-state index is 0.120. The molecule has 5 heteroatoms. The fourth-order valence-corrected chi connectivity index (χ4v) is 3.17. The van der Waals surface area contributed by atoms with Crippen LogP contribution in [-0.2, 0) is 11.3 Å². The second-order valence-electron chi connectivity index (χ2n) is 5.85. The molecule has 0 saturated carbocycles. The van der Waals surface area contributed by atoms with Gasteiger partial charge in [-0.1, -0.05) is 30.3 Å². The molecule has 2 aromatic carbocycles. The number of nitro groups is 1. The predicted molar refractivity (Wildman–Crippen MR) is 88.5 cm³/mol. The molecule has 5 nitrogen and oxygen atoms in total. The summed E-state index contributed by atoms with van der Waals surface area (Å²) < 4.78 is 7.57. The zero-order valence-electron chi connectivity index (χ0n) is 12.7. The summed E-state index contributed by atoms with van der Waals surface area (Å²) in [7, 11) is 0. The van der Waals surface area contributed by atoms with E-state index >= 15 is 0 Å². The van der Waals surface area contributed by atoms with Gasteiger partial charge in [0.25, 0.3) is 5.69 Å². The minimum atomic E-state index is -0.342. The Labute approximate surface area is 133 Å². The summed E-state index contributed by atoms with van der Waals surface area (Å²) in [5.41, 5.74) is 4.38. The van der Waals surface area contributed by atoms with Crippen molar-refractivity contribution >= 4 is 16.6 Å². The Morgan fingerprint density at radius 2 is 2.00 bits per heavy atom. The number of hydrogen-bond donors (Lipinski definition) is 0. The number of epoxide rings is 1. The van der Waals surface area contributed by atoms with Crippen LogP contribution in [0.1, 0.15) is 5.69 Å². The number of rotatable bonds is 4. The van der Waals surface area contributed by atoms with E-state index in [-0.39, 0.29) is 16.7 Å². The largest absolute Gasteiger partial charge is 0.371 e. The van der Waals surface area contributed by atoms with Gasteiger partial charge in [-0.15, -0.1) is 0 Å². The second-order valence-corrected chi connectivity index (χ2v) is 5.85. The molecule has 1 fully saturated rings. The van der Waals surface area contributed by atoms with Crippen molar-refractivity contribution in [2.75, 3.05) is 6.61 Å². The zero-order chi connectivity index (χ0) is 16.0. The molecule has 1 saturated heterocycles. The van der Waals surface area contributed by atoms with Crippen molar-refractivity contribution in [2.24, 2.45) is 0 Å². The molecule has 116 valence electrons.